The minimum Gasteiger partial charge on any atom is -0.378 e. The number of imidazole rings is 1. The Morgan fingerprint density at radius 3 is 2.65 bits per heavy atom. The van der Waals surface area contributed by atoms with Crippen LogP contribution in [0.1, 0.15) is 36.1 Å². The Bertz CT molecular complexity index is 911. The van der Waals surface area contributed by atoms with Crippen LogP contribution in [0.5, 0.6) is 0 Å². The monoisotopic (exact) mass is 350 g/mol. The zero-order chi connectivity index (χ0) is 18.7. The van der Waals surface area contributed by atoms with Crippen LogP contribution in [0.4, 0.5) is 5.69 Å². The van der Waals surface area contributed by atoms with E-state index in [9.17, 15) is 4.79 Å². The molecule has 3 aromatic rings. The van der Waals surface area contributed by atoms with Crippen LogP contribution in [0, 0.1) is 0 Å². The van der Waals surface area contributed by atoms with Crippen molar-refractivity contribution < 1.29 is 4.79 Å². The average Bonchev–Trinajstić information content (AvgIpc) is 3.00. The Morgan fingerprint density at radius 2 is 1.92 bits per heavy atom. The molecule has 0 unspecified atom stereocenters. The van der Waals surface area contributed by atoms with Gasteiger partial charge in [0.15, 0.2) is 0 Å². The van der Waals surface area contributed by atoms with E-state index in [1.807, 2.05) is 61.5 Å². The van der Waals surface area contributed by atoms with Gasteiger partial charge in [0.1, 0.15) is 5.82 Å². The van der Waals surface area contributed by atoms with Crippen LogP contribution in [0.15, 0.2) is 48.5 Å². The van der Waals surface area contributed by atoms with Gasteiger partial charge < -0.3 is 14.8 Å². The minimum atomic E-state index is -0.0547. The van der Waals surface area contributed by atoms with E-state index in [-0.39, 0.29) is 5.91 Å². The zero-order valence-corrected chi connectivity index (χ0v) is 15.9. The van der Waals surface area contributed by atoms with Crippen LogP contribution in [0.2, 0.25) is 0 Å². The van der Waals surface area contributed by atoms with Crippen molar-refractivity contribution in [3.8, 4) is 0 Å². The van der Waals surface area contributed by atoms with E-state index in [0.717, 1.165) is 22.5 Å². The number of benzene rings is 2. The molecule has 26 heavy (non-hydrogen) atoms. The van der Waals surface area contributed by atoms with Gasteiger partial charge in [0.25, 0.3) is 5.91 Å². The second kappa shape index (κ2) is 7.60. The van der Waals surface area contributed by atoms with Gasteiger partial charge >= 0.3 is 0 Å². The molecule has 1 amide bonds. The normalized spacial score (nSPS) is 11.1. The summed E-state index contributed by atoms with van der Waals surface area (Å²) in [7, 11) is 3.93. The molecule has 0 spiro atoms. The fraction of sp³-hybridized carbons (Fsp3) is 0.333. The lowest BCUT2D eigenvalue weighted by molar-refractivity contribution is 0.0954. The van der Waals surface area contributed by atoms with Gasteiger partial charge in [0.2, 0.25) is 0 Å². The van der Waals surface area contributed by atoms with Gasteiger partial charge in [-0.15, -0.1) is 0 Å². The first-order valence-electron chi connectivity index (χ1n) is 8.99. The van der Waals surface area contributed by atoms with Gasteiger partial charge in [0, 0.05) is 44.4 Å². The smallest absolute Gasteiger partial charge is 0.251 e. The third-order valence-corrected chi connectivity index (χ3v) is 4.44. The highest BCUT2D eigenvalue weighted by Gasteiger charge is 2.13. The molecule has 0 saturated heterocycles. The molecule has 0 saturated carbocycles. The van der Waals surface area contributed by atoms with E-state index in [1.165, 1.54) is 0 Å². The van der Waals surface area contributed by atoms with E-state index < -0.39 is 0 Å². The van der Waals surface area contributed by atoms with Crippen molar-refractivity contribution >= 4 is 22.6 Å². The summed E-state index contributed by atoms with van der Waals surface area (Å²) in [4.78, 5) is 19.2. The highest BCUT2D eigenvalue weighted by atomic mass is 16.1. The lowest BCUT2D eigenvalue weighted by Gasteiger charge is -2.14. The van der Waals surface area contributed by atoms with E-state index in [1.54, 1.807) is 0 Å². The van der Waals surface area contributed by atoms with Crippen molar-refractivity contribution in [2.75, 3.05) is 25.5 Å². The molecular weight excluding hydrogens is 324 g/mol. The van der Waals surface area contributed by atoms with Crippen LogP contribution in [0.25, 0.3) is 11.0 Å². The number of aromatic nitrogens is 2. The van der Waals surface area contributed by atoms with E-state index >= 15 is 0 Å². The van der Waals surface area contributed by atoms with E-state index in [4.69, 9.17) is 4.98 Å². The zero-order valence-electron chi connectivity index (χ0n) is 15.9. The van der Waals surface area contributed by atoms with Crippen LogP contribution in [0.3, 0.4) is 0 Å². The Morgan fingerprint density at radius 1 is 1.15 bits per heavy atom. The topological polar surface area (TPSA) is 50.2 Å². The number of anilines is 1. The Kier molecular flexibility index (Phi) is 5.26. The molecule has 1 heterocycles. The number of carbonyl (C=O) groups is 1. The predicted octanol–water partition coefficient (Wildman–Crippen LogP) is 3.66. The van der Waals surface area contributed by atoms with Crippen molar-refractivity contribution in [1.29, 1.82) is 0 Å². The number of amides is 1. The molecule has 136 valence electrons. The minimum absolute atomic E-state index is 0.0547. The van der Waals surface area contributed by atoms with Gasteiger partial charge in [-0.2, -0.15) is 0 Å². The summed E-state index contributed by atoms with van der Waals surface area (Å²) in [6.45, 7) is 4.87. The fourth-order valence-corrected chi connectivity index (χ4v) is 3.16. The number of hydrogen-bond donors (Lipinski definition) is 1. The first-order valence-corrected chi connectivity index (χ1v) is 8.99. The maximum atomic E-state index is 12.4. The lowest BCUT2D eigenvalue weighted by Crippen LogP contribution is -2.27. The molecule has 5 nitrogen and oxygen atoms in total. The second-order valence-corrected chi connectivity index (χ2v) is 6.93. The van der Waals surface area contributed by atoms with Crippen molar-refractivity contribution in [2.45, 2.75) is 26.3 Å². The van der Waals surface area contributed by atoms with Gasteiger partial charge in [-0.1, -0.05) is 18.2 Å². The summed E-state index contributed by atoms with van der Waals surface area (Å²) >= 11 is 0. The Hall–Kier alpha value is -2.82. The molecule has 0 aliphatic carbocycles. The highest BCUT2D eigenvalue weighted by Crippen LogP contribution is 2.21. The van der Waals surface area contributed by atoms with Crippen LogP contribution in [-0.4, -0.2) is 36.1 Å². The molecule has 0 aliphatic rings. The van der Waals surface area contributed by atoms with Crippen LogP contribution < -0.4 is 10.2 Å². The van der Waals surface area contributed by atoms with Gasteiger partial charge in [0.05, 0.1) is 11.0 Å². The van der Waals surface area contributed by atoms with Crippen molar-refractivity contribution in [2.24, 2.45) is 0 Å². The Balaban J connectivity index is 1.70. The van der Waals surface area contributed by atoms with E-state index in [0.29, 0.717) is 24.6 Å². The highest BCUT2D eigenvalue weighted by molar-refractivity contribution is 5.95. The molecule has 0 aliphatic heterocycles. The largest absolute Gasteiger partial charge is 0.378 e. The van der Waals surface area contributed by atoms with Gasteiger partial charge in [-0.25, -0.2) is 4.98 Å². The maximum Gasteiger partial charge on any atom is 0.251 e. The third-order valence-electron chi connectivity index (χ3n) is 4.44. The number of nitrogens with one attached hydrogen (secondary N) is 1. The fourth-order valence-electron chi connectivity index (χ4n) is 3.16. The summed E-state index contributed by atoms with van der Waals surface area (Å²) < 4.78 is 2.24. The molecule has 5 heteroatoms. The molecule has 2 aromatic carbocycles. The SMILES string of the molecule is CC(C)n1c(CCNC(=O)c2cccc(N(C)C)c2)nc2ccccc21. The first kappa shape index (κ1) is 18.0. The molecule has 0 bridgehead atoms. The van der Waals surface area contributed by atoms with E-state index in [2.05, 4.69) is 29.8 Å². The third kappa shape index (κ3) is 3.72. The number of carbonyl (C=O) groups excluding carboxylic acids is 1. The summed E-state index contributed by atoms with van der Waals surface area (Å²) in [5, 5.41) is 3.01. The molecule has 3 rings (SSSR count). The average molecular weight is 350 g/mol. The van der Waals surface area contributed by atoms with Gasteiger partial charge in [-0.3, -0.25) is 4.79 Å². The van der Waals surface area contributed by atoms with Crippen molar-refractivity contribution in [3.05, 3.63) is 59.9 Å². The molecule has 0 atom stereocenters. The number of hydrogen-bond acceptors (Lipinski definition) is 3. The maximum absolute atomic E-state index is 12.4. The first-order chi connectivity index (χ1) is 12.5. The molecular formula is C21H26N4O. The Labute approximate surface area is 154 Å². The number of fused-ring (bicyclic) bond motifs is 1. The van der Waals surface area contributed by atoms with Crippen molar-refractivity contribution in [1.82, 2.24) is 14.9 Å². The predicted molar refractivity (Wildman–Crippen MR) is 107 cm³/mol. The standard InChI is InChI=1S/C21H26N4O/c1-15(2)25-19-11-6-5-10-18(19)23-20(25)12-13-22-21(26)16-8-7-9-17(14-16)24(3)4/h5-11,14-15H,12-13H2,1-4H3,(H,22,26). The summed E-state index contributed by atoms with van der Waals surface area (Å²) in [5.74, 6) is 0.949. The van der Waals surface area contributed by atoms with Crippen LogP contribution >= 0.6 is 0 Å². The molecule has 1 N–H and O–H groups in total. The molecule has 1 aromatic heterocycles. The second-order valence-electron chi connectivity index (χ2n) is 6.93. The molecule has 0 radical (unpaired) electrons. The number of nitrogens with zero attached hydrogens (tertiary/aromatic N) is 3. The quantitative estimate of drug-likeness (QED) is 0.738. The number of para-hydroxylation sites is 2. The lowest BCUT2D eigenvalue weighted by atomic mass is 10.2. The van der Waals surface area contributed by atoms with Gasteiger partial charge in [-0.05, 0) is 44.2 Å². The molecule has 0 fully saturated rings. The van der Waals surface area contributed by atoms with Crippen molar-refractivity contribution in [3.63, 3.8) is 0 Å². The summed E-state index contributed by atoms with van der Waals surface area (Å²) in [6.07, 6.45) is 0.700. The number of rotatable bonds is 6. The summed E-state index contributed by atoms with van der Waals surface area (Å²) in [6, 6.07) is 16.1. The van der Waals surface area contributed by atoms with Crippen LogP contribution in [-0.2, 0) is 6.42 Å². The summed E-state index contributed by atoms with van der Waals surface area (Å²) in [5.41, 5.74) is 3.83.